The van der Waals surface area contributed by atoms with Crippen LogP contribution < -0.4 is 5.32 Å². The molecule has 328 valence electrons. The van der Waals surface area contributed by atoms with Gasteiger partial charge >= 0.3 is 0 Å². The Bertz CT molecular complexity index is 1120. The highest BCUT2D eigenvalue weighted by atomic mass is 16.7. The van der Waals surface area contributed by atoms with Gasteiger partial charge in [0.1, 0.15) is 24.4 Å². The standard InChI is InChI=1S/C48H83NO8/c1-3-5-7-9-11-13-15-17-19-20-21-22-24-25-27-29-31-33-35-37-42(51)41(40-56-48-47(55)46(54)45(53)43(39-50)57-48)49-44(52)38-36-34-32-30-28-26-23-18-16-14-12-10-8-6-4-2/h6,8,12,14,18,23,28,30,34-37,41-43,45-48,50-51,53-55H,3-5,7,9-11,13,15-17,19-22,24-27,29,31-33,38-40H2,1-2H3,(H,49,52)/b8-6-,14-12-,23-18-,30-28-,36-34-,37-35+. The summed E-state index contributed by atoms with van der Waals surface area (Å²) in [6, 6.07) is -0.862. The predicted octanol–water partition coefficient (Wildman–Crippen LogP) is 9.39. The fourth-order valence-electron chi connectivity index (χ4n) is 6.69. The number of allylic oxidation sites excluding steroid dienone is 10. The van der Waals surface area contributed by atoms with Crippen molar-refractivity contribution in [3.8, 4) is 0 Å². The number of ether oxygens (including phenoxy) is 2. The first-order valence-electron chi connectivity index (χ1n) is 22.7. The number of carbonyl (C=O) groups is 1. The van der Waals surface area contributed by atoms with Gasteiger partial charge in [-0.05, 0) is 44.9 Å². The summed E-state index contributed by atoms with van der Waals surface area (Å²) in [7, 11) is 0. The van der Waals surface area contributed by atoms with E-state index in [2.05, 4.69) is 67.8 Å². The fraction of sp³-hybridized carbons (Fsp3) is 0.729. The quantitative estimate of drug-likeness (QED) is 0.0271. The van der Waals surface area contributed by atoms with Crippen LogP contribution in [0.15, 0.2) is 72.9 Å². The van der Waals surface area contributed by atoms with Crippen molar-refractivity contribution >= 4 is 5.91 Å². The van der Waals surface area contributed by atoms with E-state index in [0.29, 0.717) is 6.42 Å². The third kappa shape index (κ3) is 28.7. The van der Waals surface area contributed by atoms with Gasteiger partial charge in [0.05, 0.1) is 25.4 Å². The summed E-state index contributed by atoms with van der Waals surface area (Å²) >= 11 is 0. The topological polar surface area (TPSA) is 149 Å². The van der Waals surface area contributed by atoms with Crippen LogP contribution in [0.1, 0.15) is 168 Å². The van der Waals surface area contributed by atoms with Gasteiger partial charge in [0, 0.05) is 6.42 Å². The van der Waals surface area contributed by atoms with Crippen molar-refractivity contribution in [1.82, 2.24) is 5.32 Å². The predicted molar refractivity (Wildman–Crippen MR) is 235 cm³/mol. The molecule has 0 saturated carbocycles. The third-order valence-electron chi connectivity index (χ3n) is 10.3. The largest absolute Gasteiger partial charge is 0.394 e. The number of hydrogen-bond acceptors (Lipinski definition) is 8. The van der Waals surface area contributed by atoms with Crippen LogP contribution in [-0.4, -0.2) is 87.5 Å². The number of carbonyl (C=O) groups excluding carboxylic acids is 1. The first-order valence-corrected chi connectivity index (χ1v) is 22.7. The lowest BCUT2D eigenvalue weighted by molar-refractivity contribution is -0.302. The van der Waals surface area contributed by atoms with Crippen LogP contribution in [-0.2, 0) is 14.3 Å². The molecule has 1 saturated heterocycles. The van der Waals surface area contributed by atoms with Crippen molar-refractivity contribution in [2.24, 2.45) is 0 Å². The van der Waals surface area contributed by atoms with E-state index < -0.39 is 49.5 Å². The molecule has 7 atom stereocenters. The minimum absolute atomic E-state index is 0.111. The molecule has 6 N–H and O–H groups in total. The molecule has 0 bridgehead atoms. The Hall–Kier alpha value is -2.37. The minimum atomic E-state index is -1.58. The zero-order chi connectivity index (χ0) is 41.6. The number of unbranched alkanes of at least 4 members (excludes halogenated alkanes) is 17. The lowest BCUT2D eigenvalue weighted by atomic mass is 9.99. The second-order valence-electron chi connectivity index (χ2n) is 15.5. The van der Waals surface area contributed by atoms with Gasteiger partial charge in [-0.2, -0.15) is 0 Å². The van der Waals surface area contributed by atoms with E-state index in [1.54, 1.807) is 12.2 Å². The maximum atomic E-state index is 12.9. The average molecular weight is 802 g/mol. The van der Waals surface area contributed by atoms with Crippen LogP contribution in [0.3, 0.4) is 0 Å². The number of aliphatic hydroxyl groups excluding tert-OH is 5. The second kappa shape index (κ2) is 37.9. The Morgan fingerprint density at radius 1 is 0.614 bits per heavy atom. The van der Waals surface area contributed by atoms with E-state index >= 15 is 0 Å². The molecule has 57 heavy (non-hydrogen) atoms. The normalized spacial score (nSPS) is 21.7. The van der Waals surface area contributed by atoms with Crippen molar-refractivity contribution < 1.29 is 39.8 Å². The van der Waals surface area contributed by atoms with Gasteiger partial charge in [0.25, 0.3) is 0 Å². The monoisotopic (exact) mass is 802 g/mol. The Kier molecular flexibility index (Phi) is 35.0. The summed E-state index contributed by atoms with van der Waals surface area (Å²) in [6.07, 6.45) is 44.0. The van der Waals surface area contributed by atoms with E-state index in [1.165, 1.54) is 96.3 Å². The Morgan fingerprint density at radius 3 is 1.54 bits per heavy atom. The molecule has 9 heteroatoms. The van der Waals surface area contributed by atoms with Crippen molar-refractivity contribution in [2.75, 3.05) is 13.2 Å². The van der Waals surface area contributed by atoms with Crippen LogP contribution in [0.5, 0.6) is 0 Å². The molecule has 0 spiro atoms. The SMILES string of the molecule is CC/C=C\C/C=C\C/C=C\C/C=C\C/C=C\CC(=O)NC(COC1OC(CO)C(O)C(O)C1O)C(O)/C=C/CCCCCCCCCCCCCCCCCCC. The van der Waals surface area contributed by atoms with Gasteiger partial charge in [-0.3, -0.25) is 4.79 Å². The molecule has 7 unspecified atom stereocenters. The molecular formula is C48H83NO8. The number of rotatable bonds is 36. The Morgan fingerprint density at radius 2 is 1.07 bits per heavy atom. The van der Waals surface area contributed by atoms with E-state index in [0.717, 1.165) is 44.9 Å². The van der Waals surface area contributed by atoms with E-state index in [-0.39, 0.29) is 18.9 Å². The maximum Gasteiger partial charge on any atom is 0.224 e. The lowest BCUT2D eigenvalue weighted by Gasteiger charge is -2.40. The molecule has 9 nitrogen and oxygen atoms in total. The first-order chi connectivity index (χ1) is 27.8. The summed E-state index contributed by atoms with van der Waals surface area (Å²) in [4.78, 5) is 12.9. The van der Waals surface area contributed by atoms with E-state index in [1.807, 2.05) is 12.2 Å². The summed E-state index contributed by atoms with van der Waals surface area (Å²) in [5, 5.41) is 54.1. The maximum absolute atomic E-state index is 12.9. The fourth-order valence-corrected chi connectivity index (χ4v) is 6.69. The van der Waals surface area contributed by atoms with Gasteiger partial charge in [-0.15, -0.1) is 0 Å². The minimum Gasteiger partial charge on any atom is -0.394 e. The number of nitrogens with one attached hydrogen (secondary N) is 1. The average Bonchev–Trinajstić information content (AvgIpc) is 3.21. The van der Waals surface area contributed by atoms with Gasteiger partial charge in [-0.1, -0.05) is 189 Å². The lowest BCUT2D eigenvalue weighted by Crippen LogP contribution is -2.60. The Labute approximate surface area is 347 Å². The zero-order valence-corrected chi connectivity index (χ0v) is 35.8. The molecule has 0 radical (unpaired) electrons. The molecule has 0 aromatic heterocycles. The zero-order valence-electron chi connectivity index (χ0n) is 35.8. The van der Waals surface area contributed by atoms with E-state index in [4.69, 9.17) is 9.47 Å². The summed E-state index contributed by atoms with van der Waals surface area (Å²) < 4.78 is 11.2. The molecule has 1 rings (SSSR count). The summed E-state index contributed by atoms with van der Waals surface area (Å²) in [5.41, 5.74) is 0. The van der Waals surface area contributed by atoms with Crippen LogP contribution in [0, 0.1) is 0 Å². The molecule has 1 aliphatic rings. The van der Waals surface area contributed by atoms with Gasteiger partial charge < -0.3 is 40.3 Å². The molecule has 0 aromatic rings. The van der Waals surface area contributed by atoms with Gasteiger partial charge in [0.15, 0.2) is 6.29 Å². The first kappa shape index (κ1) is 52.6. The smallest absolute Gasteiger partial charge is 0.224 e. The van der Waals surface area contributed by atoms with Crippen LogP contribution in [0.4, 0.5) is 0 Å². The molecule has 0 aliphatic carbocycles. The molecule has 0 aromatic carbocycles. The van der Waals surface area contributed by atoms with Crippen LogP contribution >= 0.6 is 0 Å². The van der Waals surface area contributed by atoms with Crippen molar-refractivity contribution in [3.05, 3.63) is 72.9 Å². The van der Waals surface area contributed by atoms with Crippen molar-refractivity contribution in [3.63, 3.8) is 0 Å². The summed E-state index contributed by atoms with van der Waals surface area (Å²) in [6.45, 7) is 3.59. The number of amides is 1. The van der Waals surface area contributed by atoms with Crippen molar-refractivity contribution in [2.45, 2.75) is 211 Å². The Balaban J connectivity index is 2.43. The molecule has 1 fully saturated rings. The number of aliphatic hydroxyl groups is 5. The molecule has 1 aliphatic heterocycles. The molecule has 1 heterocycles. The van der Waals surface area contributed by atoms with Crippen LogP contribution in [0.25, 0.3) is 0 Å². The highest BCUT2D eigenvalue weighted by Crippen LogP contribution is 2.22. The second-order valence-corrected chi connectivity index (χ2v) is 15.5. The highest BCUT2D eigenvalue weighted by molar-refractivity contribution is 5.77. The molecule has 1 amide bonds. The van der Waals surface area contributed by atoms with Gasteiger partial charge in [-0.25, -0.2) is 0 Å². The van der Waals surface area contributed by atoms with Gasteiger partial charge in [0.2, 0.25) is 5.91 Å². The van der Waals surface area contributed by atoms with Crippen molar-refractivity contribution in [1.29, 1.82) is 0 Å². The van der Waals surface area contributed by atoms with E-state index in [9.17, 15) is 30.3 Å². The molecular weight excluding hydrogens is 719 g/mol. The summed E-state index contributed by atoms with van der Waals surface area (Å²) in [5.74, 6) is -0.306. The number of hydrogen-bond donors (Lipinski definition) is 6. The van der Waals surface area contributed by atoms with Crippen LogP contribution in [0.2, 0.25) is 0 Å². The third-order valence-corrected chi connectivity index (χ3v) is 10.3. The highest BCUT2D eigenvalue weighted by Gasteiger charge is 2.44.